The first-order valence-electron chi connectivity index (χ1n) is 3.89. The number of hydrogen-bond acceptors (Lipinski definition) is 3. The third-order valence-electron chi connectivity index (χ3n) is 1.40. The molecule has 0 amide bonds. The molecule has 0 fully saturated rings. The van der Waals surface area contributed by atoms with Crippen LogP contribution >= 0.6 is 0 Å². The molecule has 80 valence electrons. The van der Waals surface area contributed by atoms with Crippen LogP contribution in [-0.2, 0) is 4.84 Å². The van der Waals surface area contributed by atoms with Gasteiger partial charge in [0.2, 0.25) is 0 Å². The second-order valence-electron chi connectivity index (χ2n) is 3.18. The van der Waals surface area contributed by atoms with E-state index >= 15 is 0 Å². The molecule has 1 unspecified atom stereocenters. The van der Waals surface area contributed by atoms with E-state index in [2.05, 4.69) is 6.58 Å². The Balaban J connectivity index is 0. The summed E-state index contributed by atoms with van der Waals surface area (Å²) in [5.41, 5.74) is 0. The number of hydrogen-bond donors (Lipinski definition) is 2. The van der Waals surface area contributed by atoms with E-state index in [0.29, 0.717) is 11.2 Å². The molecule has 13 heavy (non-hydrogen) atoms. The van der Waals surface area contributed by atoms with Crippen LogP contribution < -0.4 is 12.4 Å². The monoisotopic (exact) mass is 211 g/mol. The number of likely N-dealkylation sites (N-methyl/N-ethyl adjacent to an activating group) is 1. The molecule has 1 atom stereocenters. The summed E-state index contributed by atoms with van der Waals surface area (Å²) in [4.78, 5) is 5.28. The van der Waals surface area contributed by atoms with Crippen LogP contribution in [0.15, 0.2) is 12.7 Å². The summed E-state index contributed by atoms with van der Waals surface area (Å²) in [6.45, 7) is 4.12. The smallest absolute Gasteiger partial charge is 0.134 e. The number of aliphatic hydroxyl groups is 2. The largest absolute Gasteiger partial charge is 1.00 e. The molecular formula is C8H18ClNO3. The average molecular weight is 212 g/mol. The summed E-state index contributed by atoms with van der Waals surface area (Å²) in [6.07, 6.45) is 0.943. The molecule has 0 saturated carbocycles. The van der Waals surface area contributed by atoms with Crippen molar-refractivity contribution >= 4 is 0 Å². The van der Waals surface area contributed by atoms with Gasteiger partial charge < -0.3 is 22.6 Å². The van der Waals surface area contributed by atoms with Crippen molar-refractivity contribution in [2.45, 2.75) is 6.10 Å². The highest BCUT2D eigenvalue weighted by molar-refractivity contribution is 4.62. The lowest BCUT2D eigenvalue weighted by molar-refractivity contribution is -1.07. The van der Waals surface area contributed by atoms with Crippen molar-refractivity contribution in [1.82, 2.24) is 0 Å². The molecule has 2 N–H and O–H groups in total. The number of quaternary nitrogens is 1. The van der Waals surface area contributed by atoms with E-state index in [0.717, 1.165) is 0 Å². The molecule has 0 aromatic rings. The van der Waals surface area contributed by atoms with E-state index in [1.807, 2.05) is 14.1 Å². The number of hydroxylamine groups is 3. The highest BCUT2D eigenvalue weighted by atomic mass is 35.5. The molecule has 0 saturated heterocycles. The maximum atomic E-state index is 8.98. The molecule has 0 aliphatic carbocycles. The molecule has 0 aromatic heterocycles. The fourth-order valence-corrected chi connectivity index (χ4v) is 0.704. The molecule has 4 nitrogen and oxygen atoms in total. The first-order chi connectivity index (χ1) is 5.52. The Morgan fingerprint density at radius 1 is 1.54 bits per heavy atom. The van der Waals surface area contributed by atoms with E-state index in [9.17, 15) is 0 Å². The zero-order valence-electron chi connectivity index (χ0n) is 8.11. The minimum absolute atomic E-state index is 0. The Kier molecular flexibility index (Phi) is 8.61. The Hall–Kier alpha value is -0.130. The van der Waals surface area contributed by atoms with Crippen molar-refractivity contribution in [1.29, 1.82) is 0 Å². The predicted molar refractivity (Wildman–Crippen MR) is 46.2 cm³/mol. The Bertz CT molecular complexity index is 141. The molecular weight excluding hydrogens is 194 g/mol. The minimum atomic E-state index is -0.799. The summed E-state index contributed by atoms with van der Waals surface area (Å²) in [7, 11) is 3.71. The van der Waals surface area contributed by atoms with Gasteiger partial charge in [0.1, 0.15) is 19.3 Å². The summed E-state index contributed by atoms with van der Waals surface area (Å²) >= 11 is 0. The summed E-state index contributed by atoms with van der Waals surface area (Å²) in [5, 5.41) is 17.5. The first kappa shape index (κ1) is 15.3. The van der Waals surface area contributed by atoms with Gasteiger partial charge in [0.15, 0.2) is 0 Å². The van der Waals surface area contributed by atoms with E-state index in [1.165, 1.54) is 0 Å². The average Bonchev–Trinajstić information content (AvgIpc) is 2.00. The molecule has 0 aliphatic rings. The SMILES string of the molecule is C=CC[N+](C)(C)OCC(O)CO.[Cl-]. The van der Waals surface area contributed by atoms with Gasteiger partial charge in [0, 0.05) is 0 Å². The van der Waals surface area contributed by atoms with E-state index in [-0.39, 0.29) is 25.6 Å². The van der Waals surface area contributed by atoms with E-state index in [4.69, 9.17) is 15.1 Å². The standard InChI is InChI=1S/C8H18NO3.ClH/c1-4-5-9(2,3)12-7-8(11)6-10;/h4,8,10-11H,1,5-7H2,2-3H3;1H/q+1;/p-1. The van der Waals surface area contributed by atoms with Gasteiger partial charge in [-0.1, -0.05) is 6.58 Å². The van der Waals surface area contributed by atoms with Gasteiger partial charge in [-0.05, 0) is 6.08 Å². The van der Waals surface area contributed by atoms with Crippen LogP contribution in [0.5, 0.6) is 0 Å². The second kappa shape index (κ2) is 7.29. The number of rotatable bonds is 6. The normalized spacial score (nSPS) is 13.2. The lowest BCUT2D eigenvalue weighted by Gasteiger charge is -2.26. The van der Waals surface area contributed by atoms with Crippen LogP contribution in [0.4, 0.5) is 0 Å². The number of aliphatic hydroxyl groups excluding tert-OH is 2. The van der Waals surface area contributed by atoms with E-state index < -0.39 is 6.10 Å². The third kappa shape index (κ3) is 8.21. The van der Waals surface area contributed by atoms with Gasteiger partial charge in [-0.2, -0.15) is 4.65 Å². The van der Waals surface area contributed by atoms with Crippen LogP contribution in [0.25, 0.3) is 0 Å². The van der Waals surface area contributed by atoms with Gasteiger partial charge in [-0.3, -0.25) is 0 Å². The van der Waals surface area contributed by atoms with Gasteiger partial charge in [-0.15, -0.1) is 0 Å². The van der Waals surface area contributed by atoms with Crippen molar-refractivity contribution in [3.63, 3.8) is 0 Å². The van der Waals surface area contributed by atoms with Crippen molar-refractivity contribution < 1.29 is 32.1 Å². The maximum absolute atomic E-state index is 8.98. The lowest BCUT2D eigenvalue weighted by Crippen LogP contribution is -3.00. The van der Waals surface area contributed by atoms with Crippen LogP contribution in [0.3, 0.4) is 0 Å². The summed E-state index contributed by atoms with van der Waals surface area (Å²) in [5.74, 6) is 0. The minimum Gasteiger partial charge on any atom is -1.00 e. The van der Waals surface area contributed by atoms with Crippen molar-refractivity contribution in [3.8, 4) is 0 Å². The fraction of sp³-hybridized carbons (Fsp3) is 0.750. The highest BCUT2D eigenvalue weighted by Crippen LogP contribution is 1.99. The zero-order valence-corrected chi connectivity index (χ0v) is 8.87. The second-order valence-corrected chi connectivity index (χ2v) is 3.18. The Morgan fingerprint density at radius 2 is 2.08 bits per heavy atom. The molecule has 0 radical (unpaired) electrons. The van der Waals surface area contributed by atoms with Gasteiger partial charge >= 0.3 is 0 Å². The molecule has 0 spiro atoms. The van der Waals surface area contributed by atoms with Crippen LogP contribution in [0.1, 0.15) is 0 Å². The molecule has 0 aliphatic heterocycles. The molecule has 0 aromatic carbocycles. The Labute approximate surface area is 85.4 Å². The quantitative estimate of drug-likeness (QED) is 0.273. The number of halogens is 1. The predicted octanol–water partition coefficient (Wildman–Crippen LogP) is -3.46. The third-order valence-corrected chi connectivity index (χ3v) is 1.40. The van der Waals surface area contributed by atoms with Crippen LogP contribution in [0.2, 0.25) is 0 Å². The van der Waals surface area contributed by atoms with Crippen LogP contribution in [0, 0.1) is 0 Å². The summed E-state index contributed by atoms with van der Waals surface area (Å²) in [6, 6.07) is 0. The van der Waals surface area contributed by atoms with E-state index in [1.54, 1.807) is 6.08 Å². The molecule has 0 heterocycles. The van der Waals surface area contributed by atoms with Crippen molar-refractivity contribution in [2.24, 2.45) is 0 Å². The molecule has 0 rings (SSSR count). The maximum Gasteiger partial charge on any atom is 0.134 e. The zero-order chi connectivity index (χ0) is 9.61. The Morgan fingerprint density at radius 3 is 2.46 bits per heavy atom. The van der Waals surface area contributed by atoms with Gasteiger partial charge in [-0.25, -0.2) is 4.84 Å². The van der Waals surface area contributed by atoms with Gasteiger partial charge in [0.05, 0.1) is 20.7 Å². The number of nitrogens with zero attached hydrogens (tertiary/aromatic N) is 1. The van der Waals surface area contributed by atoms with Gasteiger partial charge in [0.25, 0.3) is 0 Å². The fourth-order valence-electron chi connectivity index (χ4n) is 0.704. The molecule has 5 heteroatoms. The van der Waals surface area contributed by atoms with Crippen molar-refractivity contribution in [2.75, 3.05) is 33.9 Å². The lowest BCUT2D eigenvalue weighted by atomic mass is 10.4. The molecule has 0 bridgehead atoms. The first-order valence-corrected chi connectivity index (χ1v) is 3.89. The van der Waals surface area contributed by atoms with Crippen LogP contribution in [-0.4, -0.2) is 54.8 Å². The van der Waals surface area contributed by atoms with Crippen molar-refractivity contribution in [3.05, 3.63) is 12.7 Å². The highest BCUT2D eigenvalue weighted by Gasteiger charge is 2.16. The topological polar surface area (TPSA) is 49.7 Å². The summed E-state index contributed by atoms with van der Waals surface area (Å²) < 4.78 is 0.306.